The Bertz CT molecular complexity index is 359. The molecule has 76 valence electrons. The van der Waals surface area contributed by atoms with E-state index in [0.29, 0.717) is 0 Å². The lowest BCUT2D eigenvalue weighted by Gasteiger charge is -2.08. The molecular weight excluding hydrogens is 214 g/mol. The highest BCUT2D eigenvalue weighted by Crippen LogP contribution is 2.27. The third-order valence-electron chi connectivity index (χ3n) is 1.71. The van der Waals surface area contributed by atoms with Gasteiger partial charge in [-0.1, -0.05) is 0 Å². The second-order valence-corrected chi connectivity index (χ2v) is 3.04. The third kappa shape index (κ3) is 1.98. The molecule has 0 amide bonds. The lowest BCUT2D eigenvalue weighted by molar-refractivity contribution is 0.107. The summed E-state index contributed by atoms with van der Waals surface area (Å²) in [5, 5.41) is -0.819. The number of hydrogen-bond donors (Lipinski definition) is 1. The van der Waals surface area contributed by atoms with E-state index in [0.717, 1.165) is 0 Å². The fourth-order valence-electron chi connectivity index (χ4n) is 1.09. The first kappa shape index (κ1) is 10.8. The molecule has 1 aromatic heterocycles. The Morgan fingerprint density at radius 1 is 1.64 bits per heavy atom. The quantitative estimate of drug-likeness (QED) is 0.778. The number of anilines is 1. The first-order valence-corrected chi connectivity index (χ1v) is 4.06. The Hall–Kier alpha value is -1.23. The SMILES string of the molecule is Cc1cc(C(=O)Cl)nc(N)c1C(F)F. The molecule has 0 saturated heterocycles. The molecule has 0 aliphatic carbocycles. The van der Waals surface area contributed by atoms with Crippen molar-refractivity contribution in [2.45, 2.75) is 13.3 Å². The topological polar surface area (TPSA) is 56.0 Å². The summed E-state index contributed by atoms with van der Waals surface area (Å²) < 4.78 is 24.8. The van der Waals surface area contributed by atoms with Crippen molar-refractivity contribution in [3.05, 3.63) is 22.9 Å². The van der Waals surface area contributed by atoms with E-state index in [1.807, 2.05) is 0 Å². The summed E-state index contributed by atoms with van der Waals surface area (Å²) in [6.45, 7) is 1.42. The number of pyridine rings is 1. The zero-order valence-electron chi connectivity index (χ0n) is 7.22. The third-order valence-corrected chi connectivity index (χ3v) is 1.91. The molecule has 0 aliphatic heterocycles. The number of rotatable bonds is 2. The minimum atomic E-state index is -2.71. The Morgan fingerprint density at radius 3 is 2.57 bits per heavy atom. The first-order valence-electron chi connectivity index (χ1n) is 3.68. The van der Waals surface area contributed by atoms with Crippen molar-refractivity contribution in [1.82, 2.24) is 4.98 Å². The summed E-state index contributed by atoms with van der Waals surface area (Å²) in [7, 11) is 0. The van der Waals surface area contributed by atoms with Crippen molar-refractivity contribution in [1.29, 1.82) is 0 Å². The number of halogens is 3. The Balaban J connectivity index is 3.32. The molecule has 1 heterocycles. The van der Waals surface area contributed by atoms with Gasteiger partial charge in [0.2, 0.25) is 0 Å². The molecule has 1 aromatic rings. The molecule has 0 spiro atoms. The van der Waals surface area contributed by atoms with E-state index in [1.54, 1.807) is 0 Å². The maximum atomic E-state index is 12.4. The van der Waals surface area contributed by atoms with E-state index in [4.69, 9.17) is 17.3 Å². The van der Waals surface area contributed by atoms with Crippen LogP contribution in [0.4, 0.5) is 14.6 Å². The van der Waals surface area contributed by atoms with Crippen LogP contribution >= 0.6 is 11.6 Å². The maximum absolute atomic E-state index is 12.4. The summed E-state index contributed by atoms with van der Waals surface area (Å²) >= 11 is 5.13. The molecule has 0 aliphatic rings. The Morgan fingerprint density at radius 2 is 2.21 bits per heavy atom. The van der Waals surface area contributed by atoms with E-state index < -0.39 is 11.7 Å². The van der Waals surface area contributed by atoms with Crippen LogP contribution in [0.2, 0.25) is 0 Å². The van der Waals surface area contributed by atoms with Gasteiger partial charge in [0.05, 0.1) is 5.56 Å². The largest absolute Gasteiger partial charge is 0.383 e. The average Bonchev–Trinajstić information content (AvgIpc) is 2.01. The number of alkyl halides is 2. The van der Waals surface area contributed by atoms with Crippen molar-refractivity contribution < 1.29 is 13.6 Å². The highest BCUT2D eigenvalue weighted by atomic mass is 35.5. The molecule has 1 rings (SSSR count). The van der Waals surface area contributed by atoms with E-state index in [2.05, 4.69) is 4.98 Å². The highest BCUT2D eigenvalue weighted by Gasteiger charge is 2.18. The van der Waals surface area contributed by atoms with Gasteiger partial charge in [-0.05, 0) is 30.2 Å². The monoisotopic (exact) mass is 220 g/mol. The van der Waals surface area contributed by atoms with Gasteiger partial charge in [0.1, 0.15) is 11.5 Å². The van der Waals surface area contributed by atoms with Gasteiger partial charge in [-0.2, -0.15) is 0 Å². The van der Waals surface area contributed by atoms with Crippen LogP contribution in [0.1, 0.15) is 28.0 Å². The van der Waals surface area contributed by atoms with E-state index in [1.165, 1.54) is 13.0 Å². The van der Waals surface area contributed by atoms with E-state index >= 15 is 0 Å². The fourth-order valence-corrected chi connectivity index (χ4v) is 1.19. The molecule has 0 unspecified atom stereocenters. The van der Waals surface area contributed by atoms with Crippen LogP contribution in [0.3, 0.4) is 0 Å². The van der Waals surface area contributed by atoms with Crippen molar-refractivity contribution in [3.8, 4) is 0 Å². The summed E-state index contributed by atoms with van der Waals surface area (Å²) in [5.41, 5.74) is 4.99. The molecule has 6 heteroatoms. The van der Waals surface area contributed by atoms with Crippen LogP contribution < -0.4 is 5.73 Å². The second kappa shape index (κ2) is 3.88. The molecule has 0 atom stereocenters. The van der Waals surface area contributed by atoms with Crippen molar-refractivity contribution in [3.63, 3.8) is 0 Å². The number of carbonyl (C=O) groups excluding carboxylic acids is 1. The van der Waals surface area contributed by atoms with Crippen LogP contribution in [0.15, 0.2) is 6.07 Å². The summed E-state index contributed by atoms with van der Waals surface area (Å²) in [4.78, 5) is 14.2. The number of carbonyl (C=O) groups is 1. The van der Waals surface area contributed by atoms with Crippen molar-refractivity contribution in [2.75, 3.05) is 5.73 Å². The molecule has 0 fully saturated rings. The van der Waals surface area contributed by atoms with Gasteiger partial charge in [0.15, 0.2) is 0 Å². The van der Waals surface area contributed by atoms with Crippen molar-refractivity contribution >= 4 is 22.7 Å². The second-order valence-electron chi connectivity index (χ2n) is 2.70. The van der Waals surface area contributed by atoms with E-state index in [9.17, 15) is 13.6 Å². The smallest absolute Gasteiger partial charge is 0.270 e. The van der Waals surface area contributed by atoms with Gasteiger partial charge in [0, 0.05) is 0 Å². The molecule has 0 bridgehead atoms. The summed E-state index contributed by atoms with van der Waals surface area (Å²) in [6, 6.07) is 1.19. The molecule has 0 aromatic carbocycles. The number of aromatic nitrogens is 1. The standard InChI is InChI=1S/C8H7ClF2N2O/c1-3-2-4(6(9)14)13-8(12)5(3)7(10)11/h2,7H,1H3,(H2,12,13). The van der Waals surface area contributed by atoms with E-state index in [-0.39, 0.29) is 22.6 Å². The Labute approximate surface area is 83.9 Å². The van der Waals surface area contributed by atoms with Gasteiger partial charge in [-0.3, -0.25) is 4.79 Å². The summed E-state index contributed by atoms with van der Waals surface area (Å²) in [5.74, 6) is -0.357. The normalized spacial score (nSPS) is 10.6. The zero-order valence-corrected chi connectivity index (χ0v) is 7.98. The average molecular weight is 221 g/mol. The molecule has 0 radical (unpaired) electrons. The Kier molecular flexibility index (Phi) is 3.00. The number of aryl methyl sites for hydroxylation is 1. The van der Waals surface area contributed by atoms with Gasteiger partial charge >= 0.3 is 0 Å². The zero-order chi connectivity index (χ0) is 10.9. The summed E-state index contributed by atoms with van der Waals surface area (Å²) in [6.07, 6.45) is -2.71. The molecule has 0 saturated carbocycles. The minimum Gasteiger partial charge on any atom is -0.383 e. The number of nitrogens with zero attached hydrogens (tertiary/aromatic N) is 1. The molecule has 3 nitrogen and oxygen atoms in total. The number of hydrogen-bond acceptors (Lipinski definition) is 3. The lowest BCUT2D eigenvalue weighted by atomic mass is 10.1. The fraction of sp³-hybridized carbons (Fsp3) is 0.250. The first-order chi connectivity index (χ1) is 6.43. The van der Waals surface area contributed by atoms with Crippen LogP contribution in [0, 0.1) is 6.92 Å². The lowest BCUT2D eigenvalue weighted by Crippen LogP contribution is -2.05. The molecule has 2 N–H and O–H groups in total. The van der Waals surface area contributed by atoms with Crippen LogP contribution in [-0.2, 0) is 0 Å². The number of nitrogen functional groups attached to an aromatic ring is 1. The highest BCUT2D eigenvalue weighted by molar-refractivity contribution is 6.67. The van der Waals surface area contributed by atoms with Gasteiger partial charge in [0.25, 0.3) is 11.7 Å². The minimum absolute atomic E-state index is 0.119. The molecule has 14 heavy (non-hydrogen) atoms. The van der Waals surface area contributed by atoms with Gasteiger partial charge in [-0.15, -0.1) is 0 Å². The van der Waals surface area contributed by atoms with Gasteiger partial charge in [-0.25, -0.2) is 13.8 Å². The molecular formula is C8H7ClF2N2O. The van der Waals surface area contributed by atoms with Crippen LogP contribution in [0.25, 0.3) is 0 Å². The van der Waals surface area contributed by atoms with Gasteiger partial charge < -0.3 is 5.73 Å². The van der Waals surface area contributed by atoms with Crippen molar-refractivity contribution in [2.24, 2.45) is 0 Å². The van der Waals surface area contributed by atoms with Crippen LogP contribution in [-0.4, -0.2) is 10.2 Å². The van der Waals surface area contributed by atoms with Crippen LogP contribution in [0.5, 0.6) is 0 Å². The predicted octanol–water partition coefficient (Wildman–Crippen LogP) is 2.29. The predicted molar refractivity (Wildman–Crippen MR) is 48.5 cm³/mol. The maximum Gasteiger partial charge on any atom is 0.270 e. The number of nitrogens with two attached hydrogens (primary N) is 1.